The van der Waals surface area contributed by atoms with Gasteiger partial charge < -0.3 is 30.3 Å². The molecule has 0 saturated heterocycles. The lowest BCUT2D eigenvalue weighted by atomic mass is 9.84. The molecule has 0 aliphatic heterocycles. The molecule has 1 aliphatic carbocycles. The Bertz CT molecular complexity index is 1160. The normalized spacial score (nSPS) is 16.1. The van der Waals surface area contributed by atoms with Crippen LogP contribution in [-0.4, -0.2) is 46.9 Å². The molecule has 8 nitrogen and oxygen atoms in total. The Labute approximate surface area is 217 Å². The van der Waals surface area contributed by atoms with Crippen LogP contribution in [0.15, 0.2) is 72.8 Å². The summed E-state index contributed by atoms with van der Waals surface area (Å²) in [6.45, 7) is 4.25. The first-order valence-electron chi connectivity index (χ1n) is 12.3. The number of anilines is 1. The van der Waals surface area contributed by atoms with Crippen molar-refractivity contribution in [3.63, 3.8) is 0 Å². The van der Waals surface area contributed by atoms with Gasteiger partial charge in [0, 0.05) is 19.6 Å². The molecule has 1 aliphatic rings. The second kappa shape index (κ2) is 13.4. The lowest BCUT2D eigenvalue weighted by Gasteiger charge is -2.35. The van der Waals surface area contributed by atoms with Gasteiger partial charge in [-0.05, 0) is 47.7 Å². The Balaban J connectivity index is 0.000000568. The highest BCUT2D eigenvalue weighted by molar-refractivity contribution is 6.27. The van der Waals surface area contributed by atoms with E-state index in [0.717, 1.165) is 48.5 Å². The molecule has 0 aromatic heterocycles. The standard InChI is InChI=1S/C27H32N2O2.C2H2O4/c1-3-28-24-16-14-22-23(27(24)30)15-17-25(31-19-21-12-8-5-9-13-21)26(22)29(2)18-20-10-6-4-7-11-20;3-1(4)2(5)6/h4-13,15,17,24,27-28,30H,3,14,16,18-19H2,1-2H3;(H,3,4)(H,5,6). The molecule has 2 unspecified atom stereocenters. The number of aliphatic hydroxyl groups excluding tert-OH is 1. The van der Waals surface area contributed by atoms with Gasteiger partial charge >= 0.3 is 11.9 Å². The topological polar surface area (TPSA) is 119 Å². The maximum Gasteiger partial charge on any atom is 0.414 e. The maximum absolute atomic E-state index is 11.0. The average Bonchev–Trinajstić information content (AvgIpc) is 2.90. The molecule has 196 valence electrons. The van der Waals surface area contributed by atoms with Crippen LogP contribution >= 0.6 is 0 Å². The number of nitrogens with one attached hydrogen (secondary N) is 1. The third-order valence-corrected chi connectivity index (χ3v) is 6.22. The van der Waals surface area contributed by atoms with Crippen LogP contribution in [0.2, 0.25) is 0 Å². The van der Waals surface area contributed by atoms with Crippen molar-refractivity contribution in [2.75, 3.05) is 18.5 Å². The fourth-order valence-corrected chi connectivity index (χ4v) is 4.53. The van der Waals surface area contributed by atoms with E-state index in [2.05, 4.69) is 60.6 Å². The van der Waals surface area contributed by atoms with Gasteiger partial charge in [-0.25, -0.2) is 9.59 Å². The van der Waals surface area contributed by atoms with Crippen LogP contribution in [0.5, 0.6) is 5.75 Å². The molecule has 0 bridgehead atoms. The van der Waals surface area contributed by atoms with Gasteiger partial charge in [0.1, 0.15) is 12.4 Å². The summed E-state index contributed by atoms with van der Waals surface area (Å²) in [5, 5.41) is 29.2. The average molecular weight is 507 g/mol. The van der Waals surface area contributed by atoms with Gasteiger partial charge in [0.2, 0.25) is 0 Å². The van der Waals surface area contributed by atoms with Crippen molar-refractivity contribution in [1.29, 1.82) is 0 Å². The van der Waals surface area contributed by atoms with Crippen molar-refractivity contribution in [2.24, 2.45) is 0 Å². The first-order chi connectivity index (χ1) is 17.8. The summed E-state index contributed by atoms with van der Waals surface area (Å²) in [6.07, 6.45) is 1.33. The molecule has 0 saturated carbocycles. The molecule has 4 N–H and O–H groups in total. The van der Waals surface area contributed by atoms with E-state index in [1.54, 1.807) is 0 Å². The van der Waals surface area contributed by atoms with Gasteiger partial charge in [0.15, 0.2) is 0 Å². The predicted octanol–water partition coefficient (Wildman–Crippen LogP) is 4.02. The smallest absolute Gasteiger partial charge is 0.414 e. The number of rotatable bonds is 8. The van der Waals surface area contributed by atoms with E-state index in [1.807, 2.05) is 36.4 Å². The molecule has 4 rings (SSSR count). The Kier molecular flexibility index (Phi) is 10.1. The SMILES string of the molecule is CCNC1CCc2c(ccc(OCc3ccccc3)c2N(C)Cc2ccccc2)C1O.O=C(O)C(=O)O. The number of hydrogen-bond donors (Lipinski definition) is 4. The van der Waals surface area contributed by atoms with Gasteiger partial charge in [-0.2, -0.15) is 0 Å². The molecule has 2 atom stereocenters. The van der Waals surface area contributed by atoms with Crippen molar-refractivity contribution < 1.29 is 29.6 Å². The molecule has 0 heterocycles. The lowest BCUT2D eigenvalue weighted by molar-refractivity contribution is -0.159. The van der Waals surface area contributed by atoms with Crippen LogP contribution in [0.4, 0.5) is 5.69 Å². The summed E-state index contributed by atoms with van der Waals surface area (Å²) in [7, 11) is 2.11. The van der Waals surface area contributed by atoms with Gasteiger partial charge in [-0.3, -0.25) is 0 Å². The number of benzene rings is 3. The zero-order chi connectivity index (χ0) is 26.8. The summed E-state index contributed by atoms with van der Waals surface area (Å²) in [4.78, 5) is 20.5. The lowest BCUT2D eigenvalue weighted by Crippen LogP contribution is -2.38. The zero-order valence-corrected chi connectivity index (χ0v) is 21.1. The van der Waals surface area contributed by atoms with E-state index >= 15 is 0 Å². The predicted molar refractivity (Wildman–Crippen MR) is 142 cm³/mol. The van der Waals surface area contributed by atoms with E-state index < -0.39 is 18.0 Å². The van der Waals surface area contributed by atoms with Crippen LogP contribution in [0, 0.1) is 0 Å². The van der Waals surface area contributed by atoms with Crippen LogP contribution in [0.3, 0.4) is 0 Å². The van der Waals surface area contributed by atoms with E-state index in [0.29, 0.717) is 6.61 Å². The van der Waals surface area contributed by atoms with Gasteiger partial charge in [0.05, 0.1) is 11.8 Å². The Hall–Kier alpha value is -3.88. The fraction of sp³-hybridized carbons (Fsp3) is 0.310. The number of hydrogen-bond acceptors (Lipinski definition) is 6. The number of aliphatic hydroxyl groups is 1. The molecule has 0 spiro atoms. The minimum atomic E-state index is -1.82. The maximum atomic E-state index is 11.0. The van der Waals surface area contributed by atoms with Crippen LogP contribution in [-0.2, 0) is 29.2 Å². The van der Waals surface area contributed by atoms with E-state index in [9.17, 15) is 5.11 Å². The zero-order valence-electron chi connectivity index (χ0n) is 21.1. The minimum absolute atomic E-state index is 0.0980. The summed E-state index contributed by atoms with van der Waals surface area (Å²) in [6, 6.07) is 24.9. The van der Waals surface area contributed by atoms with E-state index in [4.69, 9.17) is 24.5 Å². The molecule has 8 heteroatoms. The molecular weight excluding hydrogens is 472 g/mol. The first kappa shape index (κ1) is 27.7. The highest BCUT2D eigenvalue weighted by atomic mass is 16.5. The van der Waals surface area contributed by atoms with E-state index in [1.165, 1.54) is 11.1 Å². The molecule has 3 aromatic carbocycles. The Morgan fingerprint density at radius 1 is 0.946 bits per heavy atom. The van der Waals surface area contributed by atoms with Gasteiger partial charge in [-0.15, -0.1) is 0 Å². The molecule has 0 amide bonds. The van der Waals surface area contributed by atoms with Crippen molar-refractivity contribution in [2.45, 2.75) is 45.1 Å². The van der Waals surface area contributed by atoms with Crippen LogP contribution in [0.1, 0.15) is 41.7 Å². The third-order valence-electron chi connectivity index (χ3n) is 6.22. The Morgan fingerprint density at radius 3 is 2.11 bits per heavy atom. The van der Waals surface area contributed by atoms with Gasteiger partial charge in [-0.1, -0.05) is 73.7 Å². The number of aliphatic carboxylic acids is 2. The largest absolute Gasteiger partial charge is 0.487 e. The number of nitrogens with zero attached hydrogens (tertiary/aromatic N) is 1. The molecule has 0 radical (unpaired) electrons. The number of carbonyl (C=O) groups is 2. The second-order valence-corrected chi connectivity index (χ2v) is 8.85. The first-order valence-corrected chi connectivity index (χ1v) is 12.3. The monoisotopic (exact) mass is 506 g/mol. The summed E-state index contributed by atoms with van der Waals surface area (Å²) in [5.74, 6) is -2.78. The summed E-state index contributed by atoms with van der Waals surface area (Å²) >= 11 is 0. The van der Waals surface area contributed by atoms with Crippen molar-refractivity contribution in [3.8, 4) is 5.75 Å². The highest BCUT2D eigenvalue weighted by Gasteiger charge is 2.31. The number of carboxylic acid groups (broad SMARTS) is 2. The van der Waals surface area contributed by atoms with Crippen molar-refractivity contribution in [1.82, 2.24) is 5.32 Å². The molecule has 3 aromatic rings. The number of carboxylic acids is 2. The fourth-order valence-electron chi connectivity index (χ4n) is 4.53. The third kappa shape index (κ3) is 7.55. The van der Waals surface area contributed by atoms with Crippen LogP contribution < -0.4 is 15.0 Å². The van der Waals surface area contributed by atoms with Crippen LogP contribution in [0.25, 0.3) is 0 Å². The highest BCUT2D eigenvalue weighted by Crippen LogP contribution is 2.42. The van der Waals surface area contributed by atoms with E-state index in [-0.39, 0.29) is 6.04 Å². The second-order valence-electron chi connectivity index (χ2n) is 8.85. The van der Waals surface area contributed by atoms with Crippen molar-refractivity contribution in [3.05, 3.63) is 95.1 Å². The van der Waals surface area contributed by atoms with Crippen molar-refractivity contribution >= 4 is 17.6 Å². The van der Waals surface area contributed by atoms with Gasteiger partial charge in [0.25, 0.3) is 0 Å². The summed E-state index contributed by atoms with van der Waals surface area (Å²) < 4.78 is 6.32. The molecular formula is C29H34N2O6. The number of likely N-dealkylation sites (N-methyl/N-ethyl adjacent to an activating group) is 1. The quantitative estimate of drug-likeness (QED) is 0.338. The summed E-state index contributed by atoms with van der Waals surface area (Å²) in [5.41, 5.74) is 5.69. The molecule has 37 heavy (non-hydrogen) atoms. The molecule has 0 fully saturated rings. The minimum Gasteiger partial charge on any atom is -0.487 e. The number of fused-ring (bicyclic) bond motifs is 1. The Morgan fingerprint density at radius 2 is 1.54 bits per heavy atom. The number of ether oxygens (including phenoxy) is 1.